The first-order valence-corrected chi connectivity index (χ1v) is 12.4. The van der Waals surface area contributed by atoms with Crippen molar-refractivity contribution in [2.75, 3.05) is 25.5 Å². The zero-order valence-corrected chi connectivity index (χ0v) is 20.4. The number of ether oxygens (including phenoxy) is 2. The number of hydrogen-bond acceptors (Lipinski definition) is 8. The number of likely N-dealkylation sites (tertiary alicyclic amines) is 1. The molecule has 0 aromatic carbocycles. The summed E-state index contributed by atoms with van der Waals surface area (Å²) in [6.07, 6.45) is 0.944. The lowest BCUT2D eigenvalue weighted by molar-refractivity contribution is -0.143. The highest BCUT2D eigenvalue weighted by Gasteiger charge is 2.32. The van der Waals surface area contributed by atoms with Crippen LogP contribution in [0.25, 0.3) is 0 Å². The third kappa shape index (κ3) is 10.7. The highest BCUT2D eigenvalue weighted by Crippen LogP contribution is 2.31. The van der Waals surface area contributed by atoms with Gasteiger partial charge < -0.3 is 14.8 Å². The van der Waals surface area contributed by atoms with Gasteiger partial charge in [0.05, 0.1) is 5.60 Å². The van der Waals surface area contributed by atoms with Crippen molar-refractivity contribution in [2.24, 2.45) is 0 Å². The van der Waals surface area contributed by atoms with Crippen LogP contribution in [0.1, 0.15) is 60.8 Å². The minimum Gasteiger partial charge on any atom is -0.465 e. The van der Waals surface area contributed by atoms with E-state index in [1.54, 1.807) is 21.6 Å². The molecule has 0 radical (unpaired) electrons. The molecule has 3 amide bonds. The van der Waals surface area contributed by atoms with E-state index in [4.69, 9.17) is 9.47 Å². The summed E-state index contributed by atoms with van der Waals surface area (Å²) in [6, 6.07) is 0. The molecule has 1 fully saturated rings. The maximum absolute atomic E-state index is 12.2. The fourth-order valence-electron chi connectivity index (χ4n) is 2.60. The smallest absolute Gasteiger partial charge is 0.302 e. The summed E-state index contributed by atoms with van der Waals surface area (Å²) in [5, 5.41) is 3.07. The summed E-state index contributed by atoms with van der Waals surface area (Å²) in [4.78, 5) is 47.4. The summed E-state index contributed by atoms with van der Waals surface area (Å²) in [6.45, 7) is 11.8. The number of imide groups is 1. The van der Waals surface area contributed by atoms with Crippen molar-refractivity contribution >= 4 is 45.3 Å². The Kier molecular flexibility index (Phi) is 10.7. The molecule has 30 heavy (non-hydrogen) atoms. The summed E-state index contributed by atoms with van der Waals surface area (Å²) in [7, 11) is 3.32. The van der Waals surface area contributed by atoms with Gasteiger partial charge in [-0.3, -0.25) is 24.1 Å². The zero-order chi connectivity index (χ0) is 22.9. The minimum atomic E-state index is -0.528. The molecular weight excluding hydrogens is 428 g/mol. The van der Waals surface area contributed by atoms with Gasteiger partial charge in [0.2, 0.25) is 17.7 Å². The fourth-order valence-corrected chi connectivity index (χ4v) is 5.31. The van der Waals surface area contributed by atoms with Crippen LogP contribution in [0.4, 0.5) is 0 Å². The number of rotatable bonds is 13. The van der Waals surface area contributed by atoms with Crippen LogP contribution >= 0.6 is 21.6 Å². The molecule has 1 heterocycles. The molecule has 1 aliphatic rings. The van der Waals surface area contributed by atoms with Crippen molar-refractivity contribution in [3.8, 4) is 0 Å². The summed E-state index contributed by atoms with van der Waals surface area (Å²) >= 11 is 0. The lowest BCUT2D eigenvalue weighted by atomic mass is 10.0. The lowest BCUT2D eigenvalue weighted by Crippen LogP contribution is -2.49. The van der Waals surface area contributed by atoms with Crippen molar-refractivity contribution in [1.29, 1.82) is 0 Å². The zero-order valence-electron chi connectivity index (χ0n) is 18.7. The normalized spacial score (nSPS) is 16.0. The highest BCUT2D eigenvalue weighted by molar-refractivity contribution is 8.77. The van der Waals surface area contributed by atoms with Crippen molar-refractivity contribution in [3.05, 3.63) is 0 Å². The van der Waals surface area contributed by atoms with Gasteiger partial charge in [0.15, 0.2) is 0 Å². The monoisotopic (exact) mass is 462 g/mol. The van der Waals surface area contributed by atoms with Gasteiger partial charge in [0.1, 0.15) is 13.2 Å². The van der Waals surface area contributed by atoms with Gasteiger partial charge in [0.25, 0.3) is 0 Å². The van der Waals surface area contributed by atoms with E-state index in [1.807, 2.05) is 34.6 Å². The second-order valence-corrected chi connectivity index (χ2v) is 11.4. The number of hydrogen-bond donors (Lipinski definition) is 1. The Morgan fingerprint density at radius 1 is 1.17 bits per heavy atom. The van der Waals surface area contributed by atoms with Gasteiger partial charge >= 0.3 is 5.97 Å². The third-order valence-electron chi connectivity index (χ3n) is 4.31. The molecule has 0 aromatic heterocycles. The van der Waals surface area contributed by atoms with E-state index in [0.717, 1.165) is 10.7 Å². The van der Waals surface area contributed by atoms with Crippen LogP contribution in [0.3, 0.4) is 0 Å². The van der Waals surface area contributed by atoms with Crippen LogP contribution in [0.5, 0.6) is 0 Å². The molecule has 1 N–H and O–H groups in total. The number of amides is 3. The quantitative estimate of drug-likeness (QED) is 0.253. The van der Waals surface area contributed by atoms with E-state index >= 15 is 0 Å². The predicted octanol–water partition coefficient (Wildman–Crippen LogP) is 2.55. The standard InChI is InChI=1S/C20H34N2O6S2/c1-14(12-27-15(2)23)30-29-13-20(5,6)28-10-9-19(3,4)21-16(24)11-22-17(25)7-8-18(22)26/h14H,7-13H2,1-6H3,(H,21,24). The molecular formula is C20H34N2O6S2. The minimum absolute atomic E-state index is 0.178. The van der Waals surface area contributed by atoms with Crippen LogP contribution < -0.4 is 5.32 Å². The highest BCUT2D eigenvalue weighted by atomic mass is 33.1. The van der Waals surface area contributed by atoms with Gasteiger partial charge in [-0.2, -0.15) is 0 Å². The molecule has 0 saturated carbocycles. The van der Waals surface area contributed by atoms with Gasteiger partial charge in [-0.05, 0) is 41.0 Å². The summed E-state index contributed by atoms with van der Waals surface area (Å²) in [5.41, 5.74) is -0.882. The second kappa shape index (κ2) is 12.0. The van der Waals surface area contributed by atoms with Crippen molar-refractivity contribution in [3.63, 3.8) is 0 Å². The Balaban J connectivity index is 2.30. The first kappa shape index (κ1) is 26.8. The molecule has 0 spiro atoms. The molecule has 172 valence electrons. The maximum Gasteiger partial charge on any atom is 0.302 e. The fraction of sp³-hybridized carbons (Fsp3) is 0.800. The van der Waals surface area contributed by atoms with Crippen LogP contribution in [0.15, 0.2) is 0 Å². The van der Waals surface area contributed by atoms with E-state index < -0.39 is 5.54 Å². The van der Waals surface area contributed by atoms with Gasteiger partial charge in [-0.1, -0.05) is 21.6 Å². The number of carbonyl (C=O) groups is 4. The Labute approximate surface area is 186 Å². The number of carbonyl (C=O) groups excluding carboxylic acids is 4. The molecule has 1 aliphatic heterocycles. The number of esters is 1. The summed E-state index contributed by atoms with van der Waals surface area (Å²) < 4.78 is 11.0. The molecule has 1 rings (SSSR count). The molecule has 8 nitrogen and oxygen atoms in total. The Bertz CT molecular complexity index is 623. The van der Waals surface area contributed by atoms with E-state index in [-0.39, 0.29) is 53.9 Å². The Hall–Kier alpha value is -1.26. The maximum atomic E-state index is 12.2. The lowest BCUT2D eigenvalue weighted by Gasteiger charge is -2.30. The second-order valence-electron chi connectivity index (χ2n) is 8.64. The Morgan fingerprint density at radius 3 is 2.33 bits per heavy atom. The molecule has 1 saturated heterocycles. The van der Waals surface area contributed by atoms with E-state index in [9.17, 15) is 19.2 Å². The molecule has 0 aliphatic carbocycles. The molecule has 0 aromatic rings. The topological polar surface area (TPSA) is 102 Å². The van der Waals surface area contributed by atoms with Gasteiger partial charge in [0, 0.05) is 42.9 Å². The molecule has 0 bridgehead atoms. The largest absolute Gasteiger partial charge is 0.465 e. The SMILES string of the molecule is CC(=O)OCC(C)SSCC(C)(C)OCCC(C)(C)NC(=O)CN1C(=O)CCC1=O. The van der Waals surface area contributed by atoms with Gasteiger partial charge in [-0.15, -0.1) is 0 Å². The van der Waals surface area contributed by atoms with Gasteiger partial charge in [-0.25, -0.2) is 0 Å². The number of nitrogens with zero attached hydrogens (tertiary/aromatic N) is 1. The molecule has 1 atom stereocenters. The van der Waals surface area contributed by atoms with Crippen molar-refractivity contribution in [1.82, 2.24) is 10.2 Å². The van der Waals surface area contributed by atoms with Crippen molar-refractivity contribution < 1.29 is 28.7 Å². The van der Waals surface area contributed by atoms with Crippen LogP contribution in [0.2, 0.25) is 0 Å². The first-order valence-electron chi connectivity index (χ1n) is 10.0. The third-order valence-corrected chi connectivity index (χ3v) is 7.48. The number of nitrogens with one attached hydrogen (secondary N) is 1. The molecule has 10 heteroatoms. The van der Waals surface area contributed by atoms with Crippen LogP contribution in [-0.4, -0.2) is 70.5 Å². The van der Waals surface area contributed by atoms with E-state index in [1.165, 1.54) is 6.92 Å². The van der Waals surface area contributed by atoms with Crippen LogP contribution in [-0.2, 0) is 28.7 Å². The predicted molar refractivity (Wildman–Crippen MR) is 119 cm³/mol. The summed E-state index contributed by atoms with van der Waals surface area (Å²) in [5.74, 6) is -0.458. The Morgan fingerprint density at radius 2 is 1.77 bits per heavy atom. The van der Waals surface area contributed by atoms with E-state index in [2.05, 4.69) is 5.32 Å². The molecule has 1 unspecified atom stereocenters. The average molecular weight is 463 g/mol. The van der Waals surface area contributed by atoms with Crippen LogP contribution in [0, 0.1) is 0 Å². The first-order chi connectivity index (χ1) is 13.8. The van der Waals surface area contributed by atoms with E-state index in [0.29, 0.717) is 19.6 Å². The van der Waals surface area contributed by atoms with Crippen molar-refractivity contribution in [2.45, 2.75) is 77.2 Å². The average Bonchev–Trinajstić information content (AvgIpc) is 2.90.